The molecule has 0 saturated heterocycles. The SMILES string of the molecule is Cc1ccc(OCCCC(=O)NCCCN)cc1C. The first kappa shape index (κ1) is 15.5. The maximum absolute atomic E-state index is 11.4. The first-order valence-electron chi connectivity index (χ1n) is 6.80. The highest BCUT2D eigenvalue weighted by Gasteiger charge is 2.01. The number of ether oxygens (including phenoxy) is 1. The van der Waals surface area contributed by atoms with Crippen molar-refractivity contribution in [2.45, 2.75) is 33.1 Å². The van der Waals surface area contributed by atoms with E-state index in [9.17, 15) is 4.79 Å². The highest BCUT2D eigenvalue weighted by atomic mass is 16.5. The molecule has 4 nitrogen and oxygen atoms in total. The van der Waals surface area contributed by atoms with Gasteiger partial charge in [-0.2, -0.15) is 0 Å². The molecule has 1 rings (SSSR count). The summed E-state index contributed by atoms with van der Waals surface area (Å²) in [5, 5.41) is 2.82. The molecular formula is C15H24N2O2. The first-order chi connectivity index (χ1) is 9.13. The van der Waals surface area contributed by atoms with E-state index in [-0.39, 0.29) is 5.91 Å². The van der Waals surface area contributed by atoms with Crippen LogP contribution in [0, 0.1) is 13.8 Å². The molecule has 0 heterocycles. The Bertz CT molecular complexity index is 405. The van der Waals surface area contributed by atoms with E-state index in [0.717, 1.165) is 18.6 Å². The zero-order chi connectivity index (χ0) is 14.1. The van der Waals surface area contributed by atoms with E-state index in [1.54, 1.807) is 0 Å². The number of hydrogen-bond acceptors (Lipinski definition) is 3. The van der Waals surface area contributed by atoms with Gasteiger partial charge in [0.1, 0.15) is 5.75 Å². The molecule has 19 heavy (non-hydrogen) atoms. The molecule has 0 radical (unpaired) electrons. The zero-order valence-electron chi connectivity index (χ0n) is 11.9. The van der Waals surface area contributed by atoms with Crippen molar-refractivity contribution in [3.8, 4) is 5.75 Å². The van der Waals surface area contributed by atoms with Crippen LogP contribution in [-0.4, -0.2) is 25.6 Å². The van der Waals surface area contributed by atoms with Crippen LogP contribution in [0.3, 0.4) is 0 Å². The lowest BCUT2D eigenvalue weighted by Gasteiger charge is -2.08. The second-order valence-electron chi connectivity index (χ2n) is 4.69. The van der Waals surface area contributed by atoms with Crippen LogP contribution in [0.2, 0.25) is 0 Å². The summed E-state index contributed by atoms with van der Waals surface area (Å²) in [5.74, 6) is 0.934. The van der Waals surface area contributed by atoms with E-state index < -0.39 is 0 Å². The van der Waals surface area contributed by atoms with Crippen LogP contribution >= 0.6 is 0 Å². The van der Waals surface area contributed by atoms with Crippen LogP contribution in [-0.2, 0) is 4.79 Å². The molecule has 0 spiro atoms. The standard InChI is InChI=1S/C15H24N2O2/c1-12-6-7-14(11-13(12)2)19-10-3-5-15(18)17-9-4-8-16/h6-7,11H,3-5,8-10,16H2,1-2H3,(H,17,18). The number of carbonyl (C=O) groups is 1. The minimum atomic E-state index is 0.0668. The number of benzene rings is 1. The van der Waals surface area contributed by atoms with Crippen LogP contribution in [0.25, 0.3) is 0 Å². The quantitative estimate of drug-likeness (QED) is 0.705. The summed E-state index contributed by atoms with van der Waals surface area (Å²) in [6, 6.07) is 6.03. The van der Waals surface area contributed by atoms with E-state index in [0.29, 0.717) is 26.1 Å². The molecule has 0 fully saturated rings. The molecule has 0 saturated carbocycles. The second kappa shape index (κ2) is 8.53. The molecule has 1 aromatic carbocycles. The first-order valence-corrected chi connectivity index (χ1v) is 6.80. The molecule has 1 amide bonds. The molecule has 0 aliphatic carbocycles. The Balaban J connectivity index is 2.16. The number of nitrogens with one attached hydrogen (secondary N) is 1. The van der Waals surface area contributed by atoms with E-state index in [2.05, 4.69) is 19.2 Å². The highest BCUT2D eigenvalue weighted by molar-refractivity contribution is 5.75. The number of aryl methyl sites for hydroxylation is 2. The van der Waals surface area contributed by atoms with E-state index >= 15 is 0 Å². The fraction of sp³-hybridized carbons (Fsp3) is 0.533. The average molecular weight is 264 g/mol. The minimum absolute atomic E-state index is 0.0668. The molecule has 0 aliphatic heterocycles. The van der Waals surface area contributed by atoms with E-state index in [1.165, 1.54) is 11.1 Å². The van der Waals surface area contributed by atoms with Gasteiger partial charge in [-0.1, -0.05) is 6.07 Å². The Hall–Kier alpha value is -1.55. The third kappa shape index (κ3) is 6.25. The van der Waals surface area contributed by atoms with Crippen molar-refractivity contribution in [1.29, 1.82) is 0 Å². The summed E-state index contributed by atoms with van der Waals surface area (Å²) < 4.78 is 5.62. The zero-order valence-corrected chi connectivity index (χ0v) is 11.9. The van der Waals surface area contributed by atoms with Gasteiger partial charge in [-0.3, -0.25) is 4.79 Å². The highest BCUT2D eigenvalue weighted by Crippen LogP contribution is 2.16. The molecule has 0 unspecified atom stereocenters. The molecule has 3 N–H and O–H groups in total. The fourth-order valence-corrected chi connectivity index (χ4v) is 1.64. The van der Waals surface area contributed by atoms with Gasteiger partial charge in [0.05, 0.1) is 6.61 Å². The Morgan fingerprint density at radius 3 is 2.74 bits per heavy atom. The Morgan fingerprint density at radius 2 is 2.05 bits per heavy atom. The van der Waals surface area contributed by atoms with Gasteiger partial charge in [0.15, 0.2) is 0 Å². The Labute approximate surface area is 115 Å². The summed E-state index contributed by atoms with van der Waals surface area (Å²) in [6.45, 7) is 5.97. The summed E-state index contributed by atoms with van der Waals surface area (Å²) in [5.41, 5.74) is 7.83. The lowest BCUT2D eigenvalue weighted by atomic mass is 10.1. The van der Waals surface area contributed by atoms with Gasteiger partial charge in [-0.15, -0.1) is 0 Å². The van der Waals surface area contributed by atoms with Gasteiger partial charge in [-0.05, 0) is 56.5 Å². The summed E-state index contributed by atoms with van der Waals surface area (Å²) in [6.07, 6.45) is 2.04. The van der Waals surface area contributed by atoms with Gasteiger partial charge in [0.25, 0.3) is 0 Å². The molecule has 106 valence electrons. The van der Waals surface area contributed by atoms with Gasteiger partial charge >= 0.3 is 0 Å². The fourth-order valence-electron chi connectivity index (χ4n) is 1.64. The summed E-state index contributed by atoms with van der Waals surface area (Å²) >= 11 is 0. The lowest BCUT2D eigenvalue weighted by molar-refractivity contribution is -0.121. The number of hydrogen-bond donors (Lipinski definition) is 2. The Kier molecular flexibility index (Phi) is 6.97. The Morgan fingerprint density at radius 1 is 1.26 bits per heavy atom. The van der Waals surface area contributed by atoms with Crippen LogP contribution in [0.5, 0.6) is 5.75 Å². The van der Waals surface area contributed by atoms with Gasteiger partial charge in [0, 0.05) is 13.0 Å². The normalized spacial score (nSPS) is 10.3. The second-order valence-corrected chi connectivity index (χ2v) is 4.69. The summed E-state index contributed by atoms with van der Waals surface area (Å²) in [7, 11) is 0. The average Bonchev–Trinajstić information content (AvgIpc) is 2.39. The van der Waals surface area contributed by atoms with Gasteiger partial charge < -0.3 is 15.8 Å². The predicted octanol–water partition coefficient (Wildman–Crippen LogP) is 1.93. The maximum atomic E-state index is 11.4. The third-order valence-electron chi connectivity index (χ3n) is 3.00. The van der Waals surface area contributed by atoms with Crippen LogP contribution in [0.15, 0.2) is 18.2 Å². The van der Waals surface area contributed by atoms with Crippen LogP contribution in [0.1, 0.15) is 30.4 Å². The largest absolute Gasteiger partial charge is 0.494 e. The maximum Gasteiger partial charge on any atom is 0.220 e. The third-order valence-corrected chi connectivity index (χ3v) is 3.00. The molecule has 0 aromatic heterocycles. The number of amides is 1. The van der Waals surface area contributed by atoms with Crippen molar-refractivity contribution in [3.63, 3.8) is 0 Å². The topological polar surface area (TPSA) is 64.3 Å². The molecule has 0 aliphatic rings. The number of rotatable bonds is 8. The van der Waals surface area contributed by atoms with Gasteiger partial charge in [0.2, 0.25) is 5.91 Å². The van der Waals surface area contributed by atoms with Crippen molar-refractivity contribution in [2.75, 3.05) is 19.7 Å². The van der Waals surface area contributed by atoms with Crippen molar-refractivity contribution < 1.29 is 9.53 Å². The molecule has 0 bridgehead atoms. The molecule has 4 heteroatoms. The molecule has 1 aromatic rings. The van der Waals surface area contributed by atoms with Crippen molar-refractivity contribution in [1.82, 2.24) is 5.32 Å². The smallest absolute Gasteiger partial charge is 0.220 e. The predicted molar refractivity (Wildman–Crippen MR) is 77.3 cm³/mol. The molecule has 0 atom stereocenters. The number of carbonyl (C=O) groups excluding carboxylic acids is 1. The lowest BCUT2D eigenvalue weighted by Crippen LogP contribution is -2.26. The van der Waals surface area contributed by atoms with E-state index in [1.807, 2.05) is 18.2 Å². The van der Waals surface area contributed by atoms with Crippen molar-refractivity contribution >= 4 is 5.91 Å². The van der Waals surface area contributed by atoms with Crippen molar-refractivity contribution in [2.24, 2.45) is 5.73 Å². The number of nitrogens with two attached hydrogens (primary N) is 1. The van der Waals surface area contributed by atoms with Crippen molar-refractivity contribution in [3.05, 3.63) is 29.3 Å². The van der Waals surface area contributed by atoms with Gasteiger partial charge in [-0.25, -0.2) is 0 Å². The van der Waals surface area contributed by atoms with Crippen LogP contribution < -0.4 is 15.8 Å². The van der Waals surface area contributed by atoms with E-state index in [4.69, 9.17) is 10.5 Å². The van der Waals surface area contributed by atoms with Crippen LogP contribution in [0.4, 0.5) is 0 Å². The monoisotopic (exact) mass is 264 g/mol. The molecular weight excluding hydrogens is 240 g/mol. The summed E-state index contributed by atoms with van der Waals surface area (Å²) in [4.78, 5) is 11.4. The minimum Gasteiger partial charge on any atom is -0.494 e.